The Morgan fingerprint density at radius 1 is 0.972 bits per heavy atom. The monoisotopic (exact) mass is 499 g/mol. The molecule has 1 aliphatic heterocycles. The van der Waals surface area contributed by atoms with Gasteiger partial charge >= 0.3 is 0 Å². The SMILES string of the molecule is CCOc1ccc(C(NCC(=O)N2CCN(c3ccc(C(C)=O)cc3F)CC2)C(C)C)cc1OCC. The van der Waals surface area contributed by atoms with Gasteiger partial charge < -0.3 is 24.6 Å². The van der Waals surface area contributed by atoms with Crippen molar-refractivity contribution in [3.63, 3.8) is 0 Å². The number of piperazine rings is 1. The number of benzene rings is 2. The Morgan fingerprint density at radius 2 is 1.64 bits per heavy atom. The first-order chi connectivity index (χ1) is 17.2. The highest BCUT2D eigenvalue weighted by atomic mass is 19.1. The zero-order valence-corrected chi connectivity index (χ0v) is 22.0. The number of anilines is 1. The van der Waals surface area contributed by atoms with Crippen molar-refractivity contribution >= 4 is 17.4 Å². The minimum atomic E-state index is -0.411. The van der Waals surface area contributed by atoms with Gasteiger partial charge in [-0.3, -0.25) is 9.59 Å². The van der Waals surface area contributed by atoms with Crippen LogP contribution in [0.15, 0.2) is 36.4 Å². The Morgan fingerprint density at radius 3 is 2.22 bits per heavy atom. The number of hydrogen-bond acceptors (Lipinski definition) is 6. The molecule has 2 aromatic carbocycles. The summed E-state index contributed by atoms with van der Waals surface area (Å²) in [5.74, 6) is 1.11. The lowest BCUT2D eigenvalue weighted by Gasteiger charge is -2.36. The van der Waals surface area contributed by atoms with E-state index in [-0.39, 0.29) is 30.2 Å². The van der Waals surface area contributed by atoms with E-state index in [1.807, 2.05) is 41.8 Å². The number of halogens is 1. The zero-order valence-electron chi connectivity index (χ0n) is 22.0. The number of ether oxygens (including phenoxy) is 2. The number of nitrogens with zero attached hydrogens (tertiary/aromatic N) is 2. The molecule has 1 unspecified atom stereocenters. The molecule has 0 aromatic heterocycles. The zero-order chi connectivity index (χ0) is 26.2. The average molecular weight is 500 g/mol. The fourth-order valence-electron chi connectivity index (χ4n) is 4.49. The Balaban J connectivity index is 1.60. The van der Waals surface area contributed by atoms with E-state index >= 15 is 0 Å². The van der Waals surface area contributed by atoms with Gasteiger partial charge in [0.25, 0.3) is 0 Å². The molecular weight excluding hydrogens is 461 g/mol. The number of Topliss-reactive ketones (excluding diaryl/α,β-unsaturated/α-hetero) is 1. The van der Waals surface area contributed by atoms with Crippen LogP contribution in [0.1, 0.15) is 56.6 Å². The number of nitrogens with one attached hydrogen (secondary N) is 1. The number of ketones is 1. The van der Waals surface area contributed by atoms with Crippen molar-refractivity contribution in [3.05, 3.63) is 53.3 Å². The third-order valence-electron chi connectivity index (χ3n) is 6.39. The van der Waals surface area contributed by atoms with E-state index in [1.165, 1.54) is 13.0 Å². The van der Waals surface area contributed by atoms with Gasteiger partial charge in [0.2, 0.25) is 5.91 Å². The predicted molar refractivity (Wildman–Crippen MR) is 140 cm³/mol. The molecule has 1 atom stereocenters. The smallest absolute Gasteiger partial charge is 0.236 e. The van der Waals surface area contributed by atoms with E-state index in [1.54, 1.807) is 12.1 Å². The number of carbonyl (C=O) groups excluding carboxylic acids is 2. The molecule has 7 nitrogen and oxygen atoms in total. The van der Waals surface area contributed by atoms with Crippen LogP contribution in [0.4, 0.5) is 10.1 Å². The number of amides is 1. The Bertz CT molecular complexity index is 1050. The normalized spacial score (nSPS) is 14.6. The molecule has 1 N–H and O–H groups in total. The highest BCUT2D eigenvalue weighted by molar-refractivity contribution is 5.94. The maximum atomic E-state index is 14.5. The second-order valence-electron chi connectivity index (χ2n) is 9.26. The van der Waals surface area contributed by atoms with Crippen LogP contribution in [0.3, 0.4) is 0 Å². The summed E-state index contributed by atoms with van der Waals surface area (Å²) in [5.41, 5.74) is 1.86. The second-order valence-corrected chi connectivity index (χ2v) is 9.26. The fourth-order valence-corrected chi connectivity index (χ4v) is 4.49. The summed E-state index contributed by atoms with van der Waals surface area (Å²) in [6.07, 6.45) is 0. The predicted octanol–water partition coefficient (Wildman–Crippen LogP) is 4.46. The summed E-state index contributed by atoms with van der Waals surface area (Å²) >= 11 is 0. The van der Waals surface area contributed by atoms with E-state index in [0.717, 1.165) is 5.56 Å². The minimum Gasteiger partial charge on any atom is -0.490 e. The number of carbonyl (C=O) groups is 2. The number of hydrogen-bond donors (Lipinski definition) is 1. The van der Waals surface area contributed by atoms with Crippen molar-refractivity contribution in [1.29, 1.82) is 0 Å². The number of rotatable bonds is 11. The van der Waals surface area contributed by atoms with E-state index in [2.05, 4.69) is 19.2 Å². The quantitative estimate of drug-likeness (QED) is 0.461. The van der Waals surface area contributed by atoms with Crippen LogP contribution in [-0.4, -0.2) is 62.5 Å². The largest absolute Gasteiger partial charge is 0.490 e. The molecule has 3 rings (SSSR count). The molecule has 1 saturated heterocycles. The summed E-state index contributed by atoms with van der Waals surface area (Å²) in [4.78, 5) is 28.2. The fraction of sp³-hybridized carbons (Fsp3) is 0.500. The van der Waals surface area contributed by atoms with Crippen LogP contribution in [0.5, 0.6) is 11.5 Å². The molecule has 1 amide bonds. The summed E-state index contributed by atoms with van der Waals surface area (Å²) in [6, 6.07) is 10.5. The first-order valence-electron chi connectivity index (χ1n) is 12.7. The molecule has 1 heterocycles. The highest BCUT2D eigenvalue weighted by Crippen LogP contribution is 2.33. The van der Waals surface area contributed by atoms with Gasteiger partial charge in [0, 0.05) is 37.8 Å². The van der Waals surface area contributed by atoms with Crippen molar-refractivity contribution in [3.8, 4) is 11.5 Å². The lowest BCUT2D eigenvalue weighted by Crippen LogP contribution is -2.51. The van der Waals surface area contributed by atoms with E-state index in [4.69, 9.17) is 9.47 Å². The van der Waals surface area contributed by atoms with Gasteiger partial charge in [0.05, 0.1) is 25.4 Å². The van der Waals surface area contributed by atoms with Crippen LogP contribution in [0.25, 0.3) is 0 Å². The third-order valence-corrected chi connectivity index (χ3v) is 6.39. The van der Waals surface area contributed by atoms with Crippen molar-refractivity contribution in [2.75, 3.05) is 50.8 Å². The van der Waals surface area contributed by atoms with Gasteiger partial charge in [-0.25, -0.2) is 4.39 Å². The lowest BCUT2D eigenvalue weighted by molar-refractivity contribution is -0.130. The van der Waals surface area contributed by atoms with Crippen LogP contribution in [0, 0.1) is 11.7 Å². The summed E-state index contributed by atoms with van der Waals surface area (Å²) in [7, 11) is 0. The topological polar surface area (TPSA) is 71.1 Å². The second kappa shape index (κ2) is 12.7. The lowest BCUT2D eigenvalue weighted by atomic mass is 9.95. The van der Waals surface area contributed by atoms with E-state index in [0.29, 0.717) is 62.1 Å². The Kier molecular flexibility index (Phi) is 9.70. The third kappa shape index (κ3) is 6.75. The van der Waals surface area contributed by atoms with Crippen molar-refractivity contribution in [2.24, 2.45) is 5.92 Å². The summed E-state index contributed by atoms with van der Waals surface area (Å²) in [5, 5.41) is 3.43. The first-order valence-corrected chi connectivity index (χ1v) is 12.7. The van der Waals surface area contributed by atoms with Gasteiger partial charge in [0.15, 0.2) is 17.3 Å². The van der Waals surface area contributed by atoms with E-state index < -0.39 is 5.82 Å². The van der Waals surface area contributed by atoms with Crippen molar-refractivity contribution in [1.82, 2.24) is 10.2 Å². The first kappa shape index (κ1) is 27.5. The van der Waals surface area contributed by atoms with Gasteiger partial charge in [-0.2, -0.15) is 0 Å². The van der Waals surface area contributed by atoms with Gasteiger partial charge in [-0.05, 0) is 62.6 Å². The molecule has 0 spiro atoms. The van der Waals surface area contributed by atoms with Gasteiger partial charge in [0.1, 0.15) is 5.82 Å². The molecule has 0 aliphatic carbocycles. The molecule has 8 heteroatoms. The molecule has 1 fully saturated rings. The van der Waals surface area contributed by atoms with E-state index in [9.17, 15) is 14.0 Å². The molecule has 2 aromatic rings. The molecule has 36 heavy (non-hydrogen) atoms. The van der Waals surface area contributed by atoms with Gasteiger partial charge in [-0.1, -0.05) is 19.9 Å². The summed E-state index contributed by atoms with van der Waals surface area (Å²) in [6.45, 7) is 12.9. The Labute approximate surface area is 213 Å². The maximum Gasteiger partial charge on any atom is 0.236 e. The summed E-state index contributed by atoms with van der Waals surface area (Å²) < 4.78 is 26.0. The molecule has 0 bridgehead atoms. The molecular formula is C28H38FN3O4. The van der Waals surface area contributed by atoms with Crippen LogP contribution >= 0.6 is 0 Å². The molecule has 0 radical (unpaired) electrons. The van der Waals surface area contributed by atoms with Crippen LogP contribution in [0.2, 0.25) is 0 Å². The standard InChI is InChI=1S/C28H38FN3O4/c1-6-35-25-11-9-22(17-26(25)36-7-2)28(19(3)4)30-18-27(34)32-14-12-31(13-15-32)24-10-8-21(20(5)33)16-23(24)29/h8-11,16-17,19,28,30H,6-7,12-15,18H2,1-5H3. The maximum absolute atomic E-state index is 14.5. The highest BCUT2D eigenvalue weighted by Gasteiger charge is 2.25. The Hall–Kier alpha value is -3.13. The molecule has 1 aliphatic rings. The molecule has 196 valence electrons. The minimum absolute atomic E-state index is 0.0173. The van der Waals surface area contributed by atoms with Crippen molar-refractivity contribution < 1.29 is 23.5 Å². The van der Waals surface area contributed by atoms with Crippen LogP contribution < -0.4 is 19.7 Å². The average Bonchev–Trinajstić information content (AvgIpc) is 2.85. The van der Waals surface area contributed by atoms with Crippen molar-refractivity contribution in [2.45, 2.75) is 40.7 Å². The van der Waals surface area contributed by atoms with Crippen LogP contribution in [-0.2, 0) is 4.79 Å². The van der Waals surface area contributed by atoms with Gasteiger partial charge in [-0.15, -0.1) is 0 Å². The molecule has 0 saturated carbocycles.